The average Bonchev–Trinajstić information content (AvgIpc) is 2.98. The molecule has 0 saturated carbocycles. The molecule has 0 aliphatic carbocycles. The zero-order chi connectivity index (χ0) is 16.5. The van der Waals surface area contributed by atoms with Crippen molar-refractivity contribution in [1.82, 2.24) is 15.6 Å². The lowest BCUT2D eigenvalue weighted by atomic mass is 10.1. The first-order valence-corrected chi connectivity index (χ1v) is 7.52. The molecular formula is C16H21N3O4. The summed E-state index contributed by atoms with van der Waals surface area (Å²) in [4.78, 5) is 26.4. The van der Waals surface area contributed by atoms with Gasteiger partial charge in [0.25, 0.3) is 0 Å². The van der Waals surface area contributed by atoms with E-state index in [0.29, 0.717) is 13.0 Å². The first-order chi connectivity index (χ1) is 11.2. The fourth-order valence-electron chi connectivity index (χ4n) is 2.21. The minimum absolute atomic E-state index is 0.0672. The molecule has 2 aromatic rings. The number of hydrogen-bond acceptors (Lipinski definition) is 4. The summed E-state index contributed by atoms with van der Waals surface area (Å²) in [6, 6.07) is 7.93. The highest BCUT2D eigenvalue weighted by atomic mass is 16.5. The number of hydrogen-bond donors (Lipinski definition) is 4. The molecule has 124 valence electrons. The van der Waals surface area contributed by atoms with Crippen LogP contribution in [0.5, 0.6) is 0 Å². The van der Waals surface area contributed by atoms with Gasteiger partial charge < -0.3 is 25.5 Å². The van der Waals surface area contributed by atoms with Gasteiger partial charge in [0.05, 0.1) is 19.8 Å². The molecule has 0 radical (unpaired) electrons. The maximum Gasteiger partial charge on any atom is 0.309 e. The van der Waals surface area contributed by atoms with Gasteiger partial charge in [-0.15, -0.1) is 0 Å². The van der Waals surface area contributed by atoms with Gasteiger partial charge in [0.15, 0.2) is 0 Å². The zero-order valence-corrected chi connectivity index (χ0v) is 12.8. The van der Waals surface area contributed by atoms with Gasteiger partial charge in [0.2, 0.25) is 0 Å². The monoisotopic (exact) mass is 319 g/mol. The summed E-state index contributed by atoms with van der Waals surface area (Å²) < 4.78 is 4.98. The van der Waals surface area contributed by atoms with Crippen LogP contribution in [-0.4, -0.2) is 54.8 Å². The lowest BCUT2D eigenvalue weighted by Crippen LogP contribution is -2.41. The SMILES string of the molecule is O=C(NCCOCCO)C(=O)NCCc1c[nH]c2ccccc12. The van der Waals surface area contributed by atoms with E-state index in [2.05, 4.69) is 15.6 Å². The fraction of sp³-hybridized carbons (Fsp3) is 0.375. The van der Waals surface area contributed by atoms with Crippen LogP contribution in [0.1, 0.15) is 5.56 Å². The average molecular weight is 319 g/mol. The standard InChI is InChI=1S/C16H21N3O4/c20-8-10-23-9-7-18-16(22)15(21)17-6-5-12-11-19-14-4-2-1-3-13(12)14/h1-4,11,19-20H,5-10H2,(H,17,21)(H,18,22). The molecule has 4 N–H and O–H groups in total. The van der Waals surface area contributed by atoms with Crippen molar-refractivity contribution in [2.24, 2.45) is 0 Å². The van der Waals surface area contributed by atoms with Crippen LogP contribution in [0.2, 0.25) is 0 Å². The molecule has 0 unspecified atom stereocenters. The zero-order valence-electron chi connectivity index (χ0n) is 12.8. The van der Waals surface area contributed by atoms with Crippen molar-refractivity contribution >= 4 is 22.7 Å². The number of aliphatic hydroxyl groups is 1. The number of ether oxygens (including phenoxy) is 1. The second-order valence-electron chi connectivity index (χ2n) is 4.96. The largest absolute Gasteiger partial charge is 0.394 e. The first kappa shape index (κ1) is 17.0. The Morgan fingerprint density at radius 1 is 1.09 bits per heavy atom. The number of aromatic amines is 1. The summed E-state index contributed by atoms with van der Waals surface area (Å²) >= 11 is 0. The molecule has 0 bridgehead atoms. The van der Waals surface area contributed by atoms with E-state index in [1.165, 1.54) is 0 Å². The molecule has 7 nitrogen and oxygen atoms in total. The normalized spacial score (nSPS) is 10.7. The minimum atomic E-state index is -0.684. The maximum absolute atomic E-state index is 11.6. The van der Waals surface area contributed by atoms with Crippen molar-refractivity contribution in [3.63, 3.8) is 0 Å². The quantitative estimate of drug-likeness (QED) is 0.405. The van der Waals surface area contributed by atoms with Crippen molar-refractivity contribution in [1.29, 1.82) is 0 Å². The van der Waals surface area contributed by atoms with E-state index >= 15 is 0 Å². The Morgan fingerprint density at radius 2 is 1.83 bits per heavy atom. The highest BCUT2D eigenvalue weighted by molar-refractivity contribution is 6.35. The Labute approximate surface area is 134 Å². The summed E-state index contributed by atoms with van der Waals surface area (Å²) in [5.74, 6) is -1.34. The van der Waals surface area contributed by atoms with Gasteiger partial charge in [-0.3, -0.25) is 9.59 Å². The number of H-pyrrole nitrogens is 1. The second kappa shape index (κ2) is 8.92. The van der Waals surface area contributed by atoms with E-state index in [-0.39, 0.29) is 26.4 Å². The van der Waals surface area contributed by atoms with E-state index in [1.807, 2.05) is 30.5 Å². The summed E-state index contributed by atoms with van der Waals surface area (Å²) in [5, 5.41) is 14.7. The van der Waals surface area contributed by atoms with E-state index < -0.39 is 11.8 Å². The lowest BCUT2D eigenvalue weighted by molar-refractivity contribution is -0.139. The first-order valence-electron chi connectivity index (χ1n) is 7.52. The molecule has 0 saturated heterocycles. The van der Waals surface area contributed by atoms with E-state index in [1.54, 1.807) is 0 Å². The number of amides is 2. The lowest BCUT2D eigenvalue weighted by Gasteiger charge is -2.06. The van der Waals surface area contributed by atoms with Gasteiger partial charge in [-0.25, -0.2) is 0 Å². The third-order valence-corrected chi connectivity index (χ3v) is 3.33. The molecule has 0 fully saturated rings. The number of carbonyl (C=O) groups excluding carboxylic acids is 2. The van der Waals surface area contributed by atoms with E-state index in [9.17, 15) is 9.59 Å². The number of fused-ring (bicyclic) bond motifs is 1. The molecule has 1 aromatic heterocycles. The van der Waals surface area contributed by atoms with E-state index in [4.69, 9.17) is 9.84 Å². The van der Waals surface area contributed by atoms with Crippen molar-refractivity contribution in [2.45, 2.75) is 6.42 Å². The Balaban J connectivity index is 1.69. The van der Waals surface area contributed by atoms with Crippen molar-refractivity contribution in [3.05, 3.63) is 36.0 Å². The van der Waals surface area contributed by atoms with Crippen LogP contribution in [0.4, 0.5) is 0 Å². The molecule has 2 amide bonds. The number of carbonyl (C=O) groups is 2. The van der Waals surface area contributed by atoms with Gasteiger partial charge >= 0.3 is 11.8 Å². The highest BCUT2D eigenvalue weighted by Crippen LogP contribution is 2.17. The Morgan fingerprint density at radius 3 is 2.61 bits per heavy atom. The molecule has 0 spiro atoms. The molecule has 0 aliphatic rings. The molecule has 0 aliphatic heterocycles. The van der Waals surface area contributed by atoms with Crippen LogP contribution in [0, 0.1) is 0 Å². The second-order valence-corrected chi connectivity index (χ2v) is 4.96. The molecular weight excluding hydrogens is 298 g/mol. The number of aromatic nitrogens is 1. The Hall–Kier alpha value is -2.38. The molecule has 23 heavy (non-hydrogen) atoms. The molecule has 0 atom stereocenters. The van der Waals surface area contributed by atoms with Crippen LogP contribution >= 0.6 is 0 Å². The van der Waals surface area contributed by atoms with E-state index in [0.717, 1.165) is 16.5 Å². The molecule has 2 rings (SSSR count). The van der Waals surface area contributed by atoms with Crippen LogP contribution in [0.25, 0.3) is 10.9 Å². The van der Waals surface area contributed by atoms with Gasteiger partial charge in [-0.1, -0.05) is 18.2 Å². The number of aliphatic hydroxyl groups excluding tert-OH is 1. The van der Waals surface area contributed by atoms with Crippen molar-refractivity contribution in [3.8, 4) is 0 Å². The Bertz CT molecular complexity index is 654. The number of nitrogens with one attached hydrogen (secondary N) is 3. The molecule has 1 aromatic carbocycles. The van der Waals surface area contributed by atoms with Crippen molar-refractivity contribution < 1.29 is 19.4 Å². The summed E-state index contributed by atoms with van der Waals surface area (Å²) in [6.07, 6.45) is 2.55. The maximum atomic E-state index is 11.6. The highest BCUT2D eigenvalue weighted by Gasteiger charge is 2.12. The fourth-order valence-corrected chi connectivity index (χ4v) is 2.21. The van der Waals surface area contributed by atoms with Gasteiger partial charge in [-0.2, -0.15) is 0 Å². The number of benzene rings is 1. The predicted octanol–water partition coefficient (Wildman–Crippen LogP) is -0.0483. The van der Waals surface area contributed by atoms with Gasteiger partial charge in [0, 0.05) is 30.2 Å². The predicted molar refractivity (Wildman–Crippen MR) is 85.9 cm³/mol. The van der Waals surface area contributed by atoms with Crippen LogP contribution in [0.3, 0.4) is 0 Å². The summed E-state index contributed by atoms with van der Waals surface area (Å²) in [5.41, 5.74) is 2.15. The topological polar surface area (TPSA) is 103 Å². The van der Waals surface area contributed by atoms with Gasteiger partial charge in [-0.05, 0) is 18.1 Å². The van der Waals surface area contributed by atoms with Crippen LogP contribution in [0.15, 0.2) is 30.5 Å². The van der Waals surface area contributed by atoms with Gasteiger partial charge in [0.1, 0.15) is 0 Å². The third-order valence-electron chi connectivity index (χ3n) is 3.33. The number of rotatable bonds is 8. The summed E-state index contributed by atoms with van der Waals surface area (Å²) in [7, 11) is 0. The smallest absolute Gasteiger partial charge is 0.309 e. The summed E-state index contributed by atoms with van der Waals surface area (Å²) in [6.45, 7) is 1.02. The van der Waals surface area contributed by atoms with Crippen LogP contribution in [-0.2, 0) is 20.7 Å². The van der Waals surface area contributed by atoms with Crippen LogP contribution < -0.4 is 10.6 Å². The third kappa shape index (κ3) is 5.08. The molecule has 7 heteroatoms. The van der Waals surface area contributed by atoms with Crippen molar-refractivity contribution in [2.75, 3.05) is 32.9 Å². The Kier molecular flexibility index (Phi) is 6.58. The minimum Gasteiger partial charge on any atom is -0.394 e. The molecule has 1 heterocycles. The number of para-hydroxylation sites is 1.